The van der Waals surface area contributed by atoms with Crippen LogP contribution in [0, 0.1) is 0 Å². The molecule has 5 heteroatoms. The molecule has 1 saturated heterocycles. The molecule has 0 spiro atoms. The molecule has 3 nitrogen and oxygen atoms in total. The third kappa shape index (κ3) is 5.18. The van der Waals surface area contributed by atoms with Gasteiger partial charge in [-0.3, -0.25) is 4.79 Å². The summed E-state index contributed by atoms with van der Waals surface area (Å²) in [4.78, 5) is 15.6. The van der Waals surface area contributed by atoms with E-state index in [1.54, 1.807) is 11.8 Å². The number of rotatable bonds is 6. The van der Waals surface area contributed by atoms with Crippen molar-refractivity contribution in [1.82, 2.24) is 4.90 Å². The lowest BCUT2D eigenvalue weighted by Crippen LogP contribution is -2.46. The van der Waals surface area contributed by atoms with Crippen LogP contribution in [0.25, 0.3) is 0 Å². The van der Waals surface area contributed by atoms with Crippen molar-refractivity contribution in [2.24, 2.45) is 0 Å². The first-order valence-corrected chi connectivity index (χ1v) is 9.18. The van der Waals surface area contributed by atoms with Gasteiger partial charge in [0.25, 0.3) is 0 Å². The molecule has 1 fully saturated rings. The number of piperidine rings is 1. The van der Waals surface area contributed by atoms with E-state index in [0.29, 0.717) is 0 Å². The molecule has 2 rings (SSSR count). The third-order valence-corrected chi connectivity index (χ3v) is 5.07. The molecule has 2 atom stereocenters. The number of benzene rings is 1. The average Bonchev–Trinajstić information content (AvgIpc) is 2.54. The highest BCUT2D eigenvalue weighted by Gasteiger charge is 2.27. The number of carbonyl (C=O) groups excluding carboxylic acids is 1. The van der Waals surface area contributed by atoms with Gasteiger partial charge in [0, 0.05) is 29.6 Å². The number of amides is 1. The van der Waals surface area contributed by atoms with Gasteiger partial charge in [-0.25, -0.2) is 0 Å². The number of thioether (sulfide) groups is 1. The normalized spacial score (nSPS) is 20.0. The minimum Gasteiger partial charge on any atom is -0.376 e. The minimum absolute atomic E-state index is 0.0916. The molecule has 1 aliphatic rings. The Morgan fingerprint density at radius 3 is 2.86 bits per heavy atom. The fourth-order valence-corrected chi connectivity index (χ4v) is 3.66. The lowest BCUT2D eigenvalue weighted by Gasteiger charge is -2.34. The summed E-state index contributed by atoms with van der Waals surface area (Å²) in [6.45, 7) is 6.43. The molecule has 22 heavy (non-hydrogen) atoms. The quantitative estimate of drug-likeness (QED) is 0.725. The van der Waals surface area contributed by atoms with Gasteiger partial charge >= 0.3 is 0 Å². The fraction of sp³-hybridized carbons (Fsp3) is 0.588. The first kappa shape index (κ1) is 17.6. The predicted octanol–water partition coefficient (Wildman–Crippen LogP) is 4.24. The van der Waals surface area contributed by atoms with Crippen molar-refractivity contribution in [2.75, 3.05) is 19.7 Å². The molecule has 1 amide bonds. The van der Waals surface area contributed by atoms with Crippen LogP contribution in [0.5, 0.6) is 0 Å². The monoisotopic (exact) mass is 341 g/mol. The van der Waals surface area contributed by atoms with Gasteiger partial charge in [0.05, 0.1) is 11.4 Å². The lowest BCUT2D eigenvalue weighted by molar-refractivity contribution is -0.134. The number of hydrogen-bond donors (Lipinski definition) is 0. The van der Waals surface area contributed by atoms with E-state index >= 15 is 0 Å². The van der Waals surface area contributed by atoms with E-state index in [1.807, 2.05) is 36.1 Å². The van der Waals surface area contributed by atoms with Crippen LogP contribution in [-0.4, -0.2) is 41.9 Å². The van der Waals surface area contributed by atoms with Crippen LogP contribution < -0.4 is 0 Å². The van der Waals surface area contributed by atoms with Crippen LogP contribution in [0.15, 0.2) is 29.2 Å². The van der Waals surface area contributed by atoms with E-state index < -0.39 is 0 Å². The van der Waals surface area contributed by atoms with E-state index in [9.17, 15) is 4.79 Å². The summed E-state index contributed by atoms with van der Waals surface area (Å²) in [6.07, 6.45) is 3.30. The third-order valence-electron chi connectivity index (χ3n) is 3.72. The zero-order chi connectivity index (χ0) is 15.9. The Kier molecular flexibility index (Phi) is 7.06. The Labute approximate surface area is 142 Å². The van der Waals surface area contributed by atoms with Crippen LogP contribution in [0.4, 0.5) is 0 Å². The van der Waals surface area contributed by atoms with Gasteiger partial charge < -0.3 is 9.64 Å². The SMILES string of the molecule is CCCOC1CCCN(C(=O)C(C)Sc2ccc(Cl)cc2)C1. The molecule has 2 unspecified atom stereocenters. The molecule has 1 aliphatic heterocycles. The van der Waals surface area contributed by atoms with E-state index in [-0.39, 0.29) is 17.3 Å². The Morgan fingerprint density at radius 2 is 2.18 bits per heavy atom. The molecule has 1 aromatic rings. The van der Waals surface area contributed by atoms with Gasteiger partial charge in [-0.1, -0.05) is 18.5 Å². The highest BCUT2D eigenvalue weighted by atomic mass is 35.5. The molecule has 0 bridgehead atoms. The molecule has 1 aromatic carbocycles. The van der Waals surface area contributed by atoms with Crippen molar-refractivity contribution in [3.8, 4) is 0 Å². The molecule has 0 radical (unpaired) electrons. The summed E-state index contributed by atoms with van der Waals surface area (Å²) < 4.78 is 5.81. The van der Waals surface area contributed by atoms with Crippen LogP contribution in [0.3, 0.4) is 0 Å². The first-order chi connectivity index (χ1) is 10.6. The van der Waals surface area contributed by atoms with Gasteiger partial charge in [-0.15, -0.1) is 11.8 Å². The van der Waals surface area contributed by atoms with Crippen molar-refractivity contribution >= 4 is 29.3 Å². The highest BCUT2D eigenvalue weighted by molar-refractivity contribution is 8.00. The van der Waals surface area contributed by atoms with Gasteiger partial charge in [-0.2, -0.15) is 0 Å². The summed E-state index contributed by atoms with van der Waals surface area (Å²) in [6, 6.07) is 7.63. The summed E-state index contributed by atoms with van der Waals surface area (Å²) in [5.41, 5.74) is 0. The van der Waals surface area contributed by atoms with Gasteiger partial charge in [0.2, 0.25) is 5.91 Å². The second-order valence-corrected chi connectivity index (χ2v) is 7.48. The maximum absolute atomic E-state index is 12.6. The number of likely N-dealkylation sites (tertiary alicyclic amines) is 1. The van der Waals surface area contributed by atoms with Gasteiger partial charge in [0.15, 0.2) is 0 Å². The lowest BCUT2D eigenvalue weighted by atomic mass is 10.1. The number of hydrogen-bond acceptors (Lipinski definition) is 3. The molecule has 122 valence electrons. The zero-order valence-electron chi connectivity index (χ0n) is 13.3. The Hall–Kier alpha value is -0.710. The maximum Gasteiger partial charge on any atom is 0.235 e. The van der Waals surface area contributed by atoms with Crippen molar-refractivity contribution in [3.63, 3.8) is 0 Å². The summed E-state index contributed by atoms with van der Waals surface area (Å²) in [7, 11) is 0. The van der Waals surface area contributed by atoms with Crippen LogP contribution in [0.1, 0.15) is 33.1 Å². The topological polar surface area (TPSA) is 29.5 Å². The maximum atomic E-state index is 12.6. The molecule has 0 saturated carbocycles. The Bertz CT molecular complexity index is 480. The van der Waals surface area contributed by atoms with Crippen molar-refractivity contribution in [1.29, 1.82) is 0 Å². The number of carbonyl (C=O) groups is 1. The summed E-state index contributed by atoms with van der Waals surface area (Å²) >= 11 is 7.47. The molecule has 1 heterocycles. The smallest absolute Gasteiger partial charge is 0.235 e. The molecule has 0 aromatic heterocycles. The molecular weight excluding hydrogens is 318 g/mol. The summed E-state index contributed by atoms with van der Waals surface area (Å²) in [5.74, 6) is 0.199. The standard InChI is InChI=1S/C17H24ClNO2S/c1-3-11-21-15-5-4-10-19(12-15)17(20)13(2)22-16-8-6-14(18)7-9-16/h6-9,13,15H,3-5,10-12H2,1-2H3. The molecule has 0 N–H and O–H groups in total. The number of ether oxygens (including phenoxy) is 1. The van der Waals surface area contributed by atoms with Crippen LogP contribution in [0.2, 0.25) is 5.02 Å². The van der Waals surface area contributed by atoms with E-state index in [4.69, 9.17) is 16.3 Å². The first-order valence-electron chi connectivity index (χ1n) is 7.92. The average molecular weight is 342 g/mol. The number of halogens is 1. The predicted molar refractivity (Wildman–Crippen MR) is 92.6 cm³/mol. The molecule has 0 aliphatic carbocycles. The second-order valence-electron chi connectivity index (χ2n) is 5.63. The summed E-state index contributed by atoms with van der Waals surface area (Å²) in [5, 5.41) is 0.626. The molecular formula is C17H24ClNO2S. The number of nitrogens with zero attached hydrogens (tertiary/aromatic N) is 1. The second kappa shape index (κ2) is 8.80. The van der Waals surface area contributed by atoms with Gasteiger partial charge in [-0.05, 0) is 50.5 Å². The van der Waals surface area contributed by atoms with E-state index in [2.05, 4.69) is 6.92 Å². The van der Waals surface area contributed by atoms with Gasteiger partial charge in [0.1, 0.15) is 0 Å². The van der Waals surface area contributed by atoms with Crippen molar-refractivity contribution in [3.05, 3.63) is 29.3 Å². The van der Waals surface area contributed by atoms with Crippen LogP contribution >= 0.6 is 23.4 Å². The fourth-order valence-electron chi connectivity index (χ4n) is 2.58. The van der Waals surface area contributed by atoms with Crippen molar-refractivity contribution in [2.45, 2.75) is 49.4 Å². The minimum atomic E-state index is -0.0916. The highest BCUT2D eigenvalue weighted by Crippen LogP contribution is 2.27. The largest absolute Gasteiger partial charge is 0.376 e. The van der Waals surface area contributed by atoms with Crippen molar-refractivity contribution < 1.29 is 9.53 Å². The van der Waals surface area contributed by atoms with Crippen LogP contribution in [-0.2, 0) is 9.53 Å². The Balaban J connectivity index is 1.87. The Morgan fingerprint density at radius 1 is 1.45 bits per heavy atom. The zero-order valence-corrected chi connectivity index (χ0v) is 14.8. The van der Waals surface area contributed by atoms with E-state index in [0.717, 1.165) is 48.9 Å². The van der Waals surface area contributed by atoms with E-state index in [1.165, 1.54) is 0 Å².